The zero-order valence-electron chi connectivity index (χ0n) is 12.1. The van der Waals surface area contributed by atoms with E-state index >= 15 is 0 Å². The van der Waals surface area contributed by atoms with Crippen LogP contribution in [0.4, 0.5) is 0 Å². The quantitative estimate of drug-likeness (QED) is 0.889. The topological polar surface area (TPSA) is 29.9 Å². The van der Waals surface area contributed by atoms with Gasteiger partial charge in [0.1, 0.15) is 5.82 Å². The Morgan fingerprint density at radius 3 is 2.89 bits per heavy atom. The Kier molecular flexibility index (Phi) is 4.44. The van der Waals surface area contributed by atoms with Gasteiger partial charge in [-0.3, -0.25) is 0 Å². The molecule has 3 heteroatoms. The van der Waals surface area contributed by atoms with E-state index in [1.165, 1.54) is 44.5 Å². The van der Waals surface area contributed by atoms with E-state index in [-0.39, 0.29) is 0 Å². The number of nitrogens with one attached hydrogen (secondary N) is 1. The minimum Gasteiger partial charge on any atom is -0.338 e. The first kappa shape index (κ1) is 13.6. The molecule has 102 valence electrons. The SMILES string of the molecule is CC(C)C1(CCc2nccn2C)CCCCCN1. The summed E-state index contributed by atoms with van der Waals surface area (Å²) in [5, 5.41) is 3.84. The Labute approximate surface area is 111 Å². The van der Waals surface area contributed by atoms with Crippen molar-refractivity contribution in [3.8, 4) is 0 Å². The fraction of sp³-hybridized carbons (Fsp3) is 0.800. The first-order chi connectivity index (χ1) is 8.64. The monoisotopic (exact) mass is 249 g/mol. The van der Waals surface area contributed by atoms with E-state index in [0.717, 1.165) is 6.42 Å². The zero-order chi connectivity index (χ0) is 13.0. The molecule has 2 heterocycles. The predicted molar refractivity (Wildman–Crippen MR) is 75.6 cm³/mol. The zero-order valence-corrected chi connectivity index (χ0v) is 12.1. The van der Waals surface area contributed by atoms with Crippen molar-refractivity contribution >= 4 is 0 Å². The van der Waals surface area contributed by atoms with Gasteiger partial charge >= 0.3 is 0 Å². The fourth-order valence-electron chi connectivity index (χ4n) is 3.14. The van der Waals surface area contributed by atoms with Gasteiger partial charge in [0.15, 0.2) is 0 Å². The van der Waals surface area contributed by atoms with E-state index in [9.17, 15) is 0 Å². The molecule has 0 aromatic carbocycles. The molecule has 1 fully saturated rings. The summed E-state index contributed by atoms with van der Waals surface area (Å²) in [6.45, 7) is 5.90. The number of imidazole rings is 1. The van der Waals surface area contributed by atoms with Crippen LogP contribution in [0.3, 0.4) is 0 Å². The fourth-order valence-corrected chi connectivity index (χ4v) is 3.14. The van der Waals surface area contributed by atoms with Crippen molar-refractivity contribution in [2.45, 2.75) is 57.9 Å². The molecular formula is C15H27N3. The van der Waals surface area contributed by atoms with Gasteiger partial charge < -0.3 is 9.88 Å². The maximum Gasteiger partial charge on any atom is 0.108 e. The van der Waals surface area contributed by atoms with E-state index in [4.69, 9.17) is 0 Å². The third-order valence-electron chi connectivity index (χ3n) is 4.60. The van der Waals surface area contributed by atoms with Crippen LogP contribution >= 0.6 is 0 Å². The molecular weight excluding hydrogens is 222 g/mol. The molecule has 1 saturated heterocycles. The minimum atomic E-state index is 0.322. The summed E-state index contributed by atoms with van der Waals surface area (Å²) < 4.78 is 2.14. The third kappa shape index (κ3) is 2.94. The van der Waals surface area contributed by atoms with Gasteiger partial charge in [0.25, 0.3) is 0 Å². The van der Waals surface area contributed by atoms with Crippen LogP contribution in [0.25, 0.3) is 0 Å². The van der Waals surface area contributed by atoms with E-state index in [1.54, 1.807) is 0 Å². The first-order valence-electron chi connectivity index (χ1n) is 7.35. The van der Waals surface area contributed by atoms with Crippen molar-refractivity contribution in [1.29, 1.82) is 0 Å². The van der Waals surface area contributed by atoms with Crippen molar-refractivity contribution in [3.63, 3.8) is 0 Å². The van der Waals surface area contributed by atoms with Gasteiger partial charge in [-0.15, -0.1) is 0 Å². The lowest BCUT2D eigenvalue weighted by Crippen LogP contribution is -2.49. The Hall–Kier alpha value is -0.830. The number of rotatable bonds is 4. The molecule has 1 aliphatic rings. The van der Waals surface area contributed by atoms with E-state index < -0.39 is 0 Å². The van der Waals surface area contributed by atoms with E-state index in [1.807, 2.05) is 12.4 Å². The molecule has 2 rings (SSSR count). The highest BCUT2D eigenvalue weighted by Gasteiger charge is 2.33. The molecule has 1 atom stereocenters. The molecule has 0 amide bonds. The van der Waals surface area contributed by atoms with Crippen LogP contribution in [0, 0.1) is 5.92 Å². The van der Waals surface area contributed by atoms with Crippen LogP contribution < -0.4 is 5.32 Å². The Balaban J connectivity index is 2.03. The second-order valence-corrected chi connectivity index (χ2v) is 6.00. The normalized spacial score (nSPS) is 25.3. The number of nitrogens with zero attached hydrogens (tertiary/aromatic N) is 2. The molecule has 0 radical (unpaired) electrons. The Morgan fingerprint density at radius 1 is 1.39 bits per heavy atom. The summed E-state index contributed by atoms with van der Waals surface area (Å²) in [5.41, 5.74) is 0.322. The first-order valence-corrected chi connectivity index (χ1v) is 7.35. The summed E-state index contributed by atoms with van der Waals surface area (Å²) in [4.78, 5) is 4.45. The molecule has 1 aromatic rings. The van der Waals surface area contributed by atoms with Crippen molar-refractivity contribution in [3.05, 3.63) is 18.2 Å². The van der Waals surface area contributed by atoms with Gasteiger partial charge in [-0.2, -0.15) is 0 Å². The van der Waals surface area contributed by atoms with Crippen LogP contribution in [0.1, 0.15) is 51.8 Å². The molecule has 1 aliphatic heterocycles. The largest absolute Gasteiger partial charge is 0.338 e. The van der Waals surface area contributed by atoms with Crippen molar-refractivity contribution in [2.75, 3.05) is 6.54 Å². The minimum absolute atomic E-state index is 0.322. The third-order valence-corrected chi connectivity index (χ3v) is 4.60. The average molecular weight is 249 g/mol. The highest BCUT2D eigenvalue weighted by atomic mass is 15.0. The van der Waals surface area contributed by atoms with Gasteiger partial charge in [-0.1, -0.05) is 26.7 Å². The maximum atomic E-state index is 4.45. The maximum absolute atomic E-state index is 4.45. The molecule has 0 aliphatic carbocycles. The molecule has 1 aromatic heterocycles. The second-order valence-electron chi connectivity index (χ2n) is 6.00. The summed E-state index contributed by atoms with van der Waals surface area (Å²) in [6.07, 6.45) is 11.6. The number of hydrogen-bond acceptors (Lipinski definition) is 2. The molecule has 3 nitrogen and oxygen atoms in total. The lowest BCUT2D eigenvalue weighted by Gasteiger charge is -2.38. The van der Waals surface area contributed by atoms with Gasteiger partial charge in [0.2, 0.25) is 0 Å². The lowest BCUT2D eigenvalue weighted by atomic mass is 9.78. The van der Waals surface area contributed by atoms with Gasteiger partial charge in [-0.25, -0.2) is 4.98 Å². The van der Waals surface area contributed by atoms with Crippen molar-refractivity contribution in [2.24, 2.45) is 13.0 Å². The molecule has 18 heavy (non-hydrogen) atoms. The summed E-state index contributed by atoms with van der Waals surface area (Å²) in [7, 11) is 2.09. The van der Waals surface area contributed by atoms with Crippen LogP contribution in [0.2, 0.25) is 0 Å². The molecule has 1 unspecified atom stereocenters. The van der Waals surface area contributed by atoms with Crippen LogP contribution in [0.5, 0.6) is 0 Å². The smallest absolute Gasteiger partial charge is 0.108 e. The standard InChI is InChI=1S/C15H27N3/c1-13(2)15(8-5-4-6-10-17-15)9-7-14-16-11-12-18(14)3/h11-13,17H,4-10H2,1-3H3. The second kappa shape index (κ2) is 5.87. The molecule has 0 bridgehead atoms. The molecule has 0 spiro atoms. The number of aryl methyl sites for hydroxylation is 2. The summed E-state index contributed by atoms with van der Waals surface area (Å²) in [5.74, 6) is 1.90. The number of aromatic nitrogens is 2. The van der Waals surface area contributed by atoms with Gasteiger partial charge in [0, 0.05) is 31.4 Å². The van der Waals surface area contributed by atoms with Gasteiger partial charge in [-0.05, 0) is 31.7 Å². The Morgan fingerprint density at radius 2 is 2.22 bits per heavy atom. The summed E-state index contributed by atoms with van der Waals surface area (Å²) in [6, 6.07) is 0. The highest BCUT2D eigenvalue weighted by Crippen LogP contribution is 2.31. The molecule has 0 saturated carbocycles. The highest BCUT2D eigenvalue weighted by molar-refractivity contribution is 4.98. The van der Waals surface area contributed by atoms with Gasteiger partial charge in [0.05, 0.1) is 0 Å². The van der Waals surface area contributed by atoms with Crippen LogP contribution in [-0.4, -0.2) is 21.6 Å². The predicted octanol–water partition coefficient (Wildman–Crippen LogP) is 2.91. The Bertz CT molecular complexity index is 360. The number of hydrogen-bond donors (Lipinski definition) is 1. The lowest BCUT2D eigenvalue weighted by molar-refractivity contribution is 0.209. The average Bonchev–Trinajstić information content (AvgIpc) is 2.63. The summed E-state index contributed by atoms with van der Waals surface area (Å²) >= 11 is 0. The molecule has 1 N–H and O–H groups in total. The van der Waals surface area contributed by atoms with E-state index in [0.29, 0.717) is 11.5 Å². The van der Waals surface area contributed by atoms with E-state index in [2.05, 4.69) is 35.8 Å². The van der Waals surface area contributed by atoms with Crippen molar-refractivity contribution in [1.82, 2.24) is 14.9 Å². The van der Waals surface area contributed by atoms with Crippen molar-refractivity contribution < 1.29 is 0 Å². The van der Waals surface area contributed by atoms with Crippen LogP contribution in [-0.2, 0) is 13.5 Å². The van der Waals surface area contributed by atoms with Crippen LogP contribution in [0.15, 0.2) is 12.4 Å².